The average Bonchev–Trinajstić information content (AvgIpc) is 2.96. The van der Waals surface area contributed by atoms with Gasteiger partial charge in [0.05, 0.1) is 6.54 Å². The molecule has 0 bridgehead atoms. The topological polar surface area (TPSA) is 88.6 Å². The summed E-state index contributed by atoms with van der Waals surface area (Å²) >= 11 is 0. The first kappa shape index (κ1) is 13.4. The second kappa shape index (κ2) is 5.43. The molecule has 21 heavy (non-hydrogen) atoms. The monoisotopic (exact) mass is 289 g/mol. The molecule has 2 aromatic heterocycles. The lowest BCUT2D eigenvalue weighted by atomic mass is 10.3. The molecule has 2 aromatic rings. The van der Waals surface area contributed by atoms with Crippen LogP contribution in [0.15, 0.2) is 35.0 Å². The maximum atomic E-state index is 12.3. The Morgan fingerprint density at radius 3 is 2.86 bits per heavy atom. The fourth-order valence-electron chi connectivity index (χ4n) is 2.17. The van der Waals surface area contributed by atoms with Crippen LogP contribution in [0.1, 0.15) is 29.2 Å². The molecule has 0 atom stereocenters. The maximum Gasteiger partial charge on any atom is 0.323 e. The van der Waals surface area contributed by atoms with Crippen molar-refractivity contribution in [2.75, 3.05) is 6.54 Å². The van der Waals surface area contributed by atoms with Gasteiger partial charge in [0.2, 0.25) is 0 Å². The molecule has 110 valence electrons. The first-order valence-corrected chi connectivity index (χ1v) is 6.72. The van der Waals surface area contributed by atoms with E-state index >= 15 is 0 Å². The first-order valence-electron chi connectivity index (χ1n) is 6.72. The normalized spacial score (nSPS) is 14.1. The Hall–Kier alpha value is -2.57. The predicted octanol–water partition coefficient (Wildman–Crippen LogP) is 1.21. The Morgan fingerprint density at radius 2 is 2.24 bits per heavy atom. The third-order valence-corrected chi connectivity index (χ3v) is 3.30. The summed E-state index contributed by atoms with van der Waals surface area (Å²) in [5, 5.41) is 13.0. The number of amides is 1. The van der Waals surface area contributed by atoms with Crippen LogP contribution >= 0.6 is 0 Å². The molecule has 1 saturated carbocycles. The molecule has 2 heterocycles. The quantitative estimate of drug-likeness (QED) is 0.863. The van der Waals surface area contributed by atoms with E-state index in [9.17, 15) is 9.59 Å². The molecule has 0 spiro atoms. The van der Waals surface area contributed by atoms with Gasteiger partial charge in [0.25, 0.3) is 5.91 Å². The van der Waals surface area contributed by atoms with Crippen LogP contribution in [0.4, 0.5) is 0 Å². The van der Waals surface area contributed by atoms with Gasteiger partial charge in [0, 0.05) is 18.4 Å². The lowest BCUT2D eigenvalue weighted by molar-refractivity contribution is -0.137. The van der Waals surface area contributed by atoms with E-state index < -0.39 is 5.97 Å². The Morgan fingerprint density at radius 1 is 1.43 bits per heavy atom. The van der Waals surface area contributed by atoms with E-state index in [1.807, 2.05) is 0 Å². The van der Waals surface area contributed by atoms with E-state index in [-0.39, 0.29) is 24.3 Å². The Labute approximate surface area is 120 Å². The van der Waals surface area contributed by atoms with Gasteiger partial charge in [-0.15, -0.1) is 0 Å². The van der Waals surface area contributed by atoms with E-state index in [0.717, 1.165) is 12.8 Å². The van der Waals surface area contributed by atoms with Gasteiger partial charge in [0.15, 0.2) is 5.76 Å². The number of hydrogen-bond acceptors (Lipinski definition) is 4. The van der Waals surface area contributed by atoms with Crippen LogP contribution in [-0.4, -0.2) is 44.3 Å². The minimum absolute atomic E-state index is 0.0215. The summed E-state index contributed by atoms with van der Waals surface area (Å²) in [6.45, 7) is 0.140. The van der Waals surface area contributed by atoms with E-state index in [0.29, 0.717) is 12.3 Å². The summed E-state index contributed by atoms with van der Waals surface area (Å²) in [5.41, 5.74) is 0. The summed E-state index contributed by atoms with van der Waals surface area (Å²) in [7, 11) is 0. The molecule has 0 saturated heterocycles. The molecule has 7 heteroatoms. The average molecular weight is 289 g/mol. The minimum atomic E-state index is -1.02. The summed E-state index contributed by atoms with van der Waals surface area (Å²) in [4.78, 5) is 24.5. The van der Waals surface area contributed by atoms with E-state index in [1.54, 1.807) is 35.3 Å². The van der Waals surface area contributed by atoms with Crippen molar-refractivity contribution in [2.45, 2.75) is 25.4 Å². The fourth-order valence-corrected chi connectivity index (χ4v) is 2.17. The van der Waals surface area contributed by atoms with Crippen molar-refractivity contribution in [1.29, 1.82) is 0 Å². The number of carbonyl (C=O) groups excluding carboxylic acids is 1. The van der Waals surface area contributed by atoms with Gasteiger partial charge in [-0.1, -0.05) is 0 Å². The summed E-state index contributed by atoms with van der Waals surface area (Å²) in [5.74, 6) is -0.608. The van der Waals surface area contributed by atoms with Crippen LogP contribution in [0, 0.1) is 0 Å². The zero-order valence-corrected chi connectivity index (χ0v) is 11.3. The number of carboxylic acid groups (broad SMARTS) is 1. The Bertz CT molecular complexity index is 643. The number of furan rings is 1. The summed E-state index contributed by atoms with van der Waals surface area (Å²) in [6, 6.07) is 5.11. The number of aliphatic carboxylic acids is 1. The number of carbonyl (C=O) groups is 2. The van der Waals surface area contributed by atoms with Gasteiger partial charge in [-0.25, -0.2) is 0 Å². The molecule has 0 radical (unpaired) electrons. The van der Waals surface area contributed by atoms with E-state index in [2.05, 4.69) is 5.10 Å². The molecule has 7 nitrogen and oxygen atoms in total. The van der Waals surface area contributed by atoms with E-state index in [4.69, 9.17) is 9.52 Å². The van der Waals surface area contributed by atoms with Crippen LogP contribution < -0.4 is 0 Å². The Kier molecular flexibility index (Phi) is 3.47. The predicted molar refractivity (Wildman–Crippen MR) is 71.7 cm³/mol. The van der Waals surface area contributed by atoms with Gasteiger partial charge >= 0.3 is 5.97 Å². The molecular weight excluding hydrogens is 274 g/mol. The van der Waals surface area contributed by atoms with Crippen molar-refractivity contribution in [3.63, 3.8) is 0 Å². The third kappa shape index (κ3) is 3.13. The first-order chi connectivity index (χ1) is 10.1. The lowest BCUT2D eigenvalue weighted by Crippen LogP contribution is -2.37. The maximum absolute atomic E-state index is 12.3. The van der Waals surface area contributed by atoms with Crippen LogP contribution in [0.3, 0.4) is 0 Å². The Balaban J connectivity index is 1.72. The molecule has 1 aliphatic rings. The van der Waals surface area contributed by atoms with Crippen molar-refractivity contribution in [3.8, 4) is 0 Å². The zero-order valence-electron chi connectivity index (χ0n) is 11.3. The van der Waals surface area contributed by atoms with Gasteiger partial charge < -0.3 is 14.4 Å². The number of aromatic nitrogens is 2. The summed E-state index contributed by atoms with van der Waals surface area (Å²) in [6.07, 6.45) is 5.15. The molecule has 0 aliphatic heterocycles. The van der Waals surface area contributed by atoms with Crippen LogP contribution in [0.5, 0.6) is 0 Å². The van der Waals surface area contributed by atoms with E-state index in [1.165, 1.54) is 4.90 Å². The molecule has 1 aliphatic carbocycles. The number of nitrogens with zero attached hydrogens (tertiary/aromatic N) is 3. The highest BCUT2D eigenvalue weighted by Crippen LogP contribution is 2.28. The summed E-state index contributed by atoms with van der Waals surface area (Å²) < 4.78 is 7.20. The highest BCUT2D eigenvalue weighted by atomic mass is 16.4. The fraction of sp³-hybridized carbons (Fsp3) is 0.357. The van der Waals surface area contributed by atoms with Crippen LogP contribution in [0.25, 0.3) is 0 Å². The minimum Gasteiger partial charge on any atom is -0.480 e. The van der Waals surface area contributed by atoms with Gasteiger partial charge in [0.1, 0.15) is 12.3 Å². The molecule has 1 amide bonds. The third-order valence-electron chi connectivity index (χ3n) is 3.30. The highest BCUT2D eigenvalue weighted by Gasteiger charge is 2.35. The van der Waals surface area contributed by atoms with Crippen LogP contribution in [-0.2, 0) is 11.3 Å². The molecule has 1 fully saturated rings. The SMILES string of the molecule is O=C(O)CN(C(=O)c1ccc(Cn2cccn2)o1)C1CC1. The number of rotatable bonds is 6. The van der Waals surface area contributed by atoms with Crippen molar-refractivity contribution in [3.05, 3.63) is 42.1 Å². The van der Waals surface area contributed by atoms with Crippen molar-refractivity contribution in [1.82, 2.24) is 14.7 Å². The largest absolute Gasteiger partial charge is 0.480 e. The van der Waals surface area contributed by atoms with Crippen molar-refractivity contribution < 1.29 is 19.1 Å². The van der Waals surface area contributed by atoms with Gasteiger partial charge in [-0.05, 0) is 31.0 Å². The molecule has 0 unspecified atom stereocenters. The lowest BCUT2D eigenvalue weighted by Gasteiger charge is -2.18. The molecule has 1 N–H and O–H groups in total. The standard InChI is InChI=1S/C14H15N3O4/c18-13(19)9-17(10-2-3-10)14(20)12-5-4-11(21-12)8-16-7-1-6-15-16/h1,4-7,10H,2-3,8-9H2,(H,18,19). The highest BCUT2D eigenvalue weighted by molar-refractivity contribution is 5.93. The zero-order chi connectivity index (χ0) is 14.8. The number of carboxylic acids is 1. The molecule has 0 aromatic carbocycles. The smallest absolute Gasteiger partial charge is 0.323 e. The van der Waals surface area contributed by atoms with Gasteiger partial charge in [-0.2, -0.15) is 5.10 Å². The second-order valence-corrected chi connectivity index (χ2v) is 5.03. The van der Waals surface area contributed by atoms with Crippen molar-refractivity contribution in [2.24, 2.45) is 0 Å². The molecule has 3 rings (SSSR count). The van der Waals surface area contributed by atoms with Crippen molar-refractivity contribution >= 4 is 11.9 Å². The van der Waals surface area contributed by atoms with Gasteiger partial charge in [-0.3, -0.25) is 14.3 Å². The van der Waals surface area contributed by atoms with Crippen LogP contribution in [0.2, 0.25) is 0 Å². The second-order valence-electron chi connectivity index (χ2n) is 5.03. The number of hydrogen-bond donors (Lipinski definition) is 1. The molecular formula is C14H15N3O4.